The third kappa shape index (κ3) is 4.29. The van der Waals surface area contributed by atoms with E-state index >= 15 is 0 Å². The molecule has 1 aliphatic carbocycles. The van der Waals surface area contributed by atoms with Crippen LogP contribution in [0, 0.1) is 5.92 Å². The molecule has 124 valence electrons. The first kappa shape index (κ1) is 15.9. The van der Waals surface area contributed by atoms with Crippen LogP contribution in [0.25, 0.3) is 0 Å². The zero-order valence-electron chi connectivity index (χ0n) is 14.0. The lowest BCUT2D eigenvalue weighted by Crippen LogP contribution is -2.42. The van der Waals surface area contributed by atoms with Gasteiger partial charge in [-0.1, -0.05) is 46.0 Å². The van der Waals surface area contributed by atoms with Crippen molar-refractivity contribution in [3.63, 3.8) is 0 Å². The van der Waals surface area contributed by atoms with Crippen molar-refractivity contribution in [2.24, 2.45) is 5.92 Å². The SMILES string of the molecule is CC(C)c1nnc(CN2CCOC(CC3CCCCC3)C2)o1. The van der Waals surface area contributed by atoms with Gasteiger partial charge in [0.25, 0.3) is 0 Å². The summed E-state index contributed by atoms with van der Waals surface area (Å²) in [6, 6.07) is 0. The van der Waals surface area contributed by atoms with Gasteiger partial charge >= 0.3 is 0 Å². The van der Waals surface area contributed by atoms with Gasteiger partial charge in [-0.25, -0.2) is 0 Å². The third-order valence-corrected chi connectivity index (χ3v) is 4.88. The number of aromatic nitrogens is 2. The number of ether oxygens (including phenoxy) is 1. The van der Waals surface area contributed by atoms with Gasteiger partial charge in [0, 0.05) is 19.0 Å². The largest absolute Gasteiger partial charge is 0.424 e. The minimum atomic E-state index is 0.296. The van der Waals surface area contributed by atoms with Gasteiger partial charge in [-0.2, -0.15) is 0 Å². The fourth-order valence-corrected chi connectivity index (χ4v) is 3.62. The van der Waals surface area contributed by atoms with Crippen molar-refractivity contribution in [3.05, 3.63) is 11.8 Å². The smallest absolute Gasteiger partial charge is 0.230 e. The Labute approximate surface area is 133 Å². The lowest BCUT2D eigenvalue weighted by molar-refractivity contribution is -0.0459. The fourth-order valence-electron chi connectivity index (χ4n) is 3.62. The summed E-state index contributed by atoms with van der Waals surface area (Å²) < 4.78 is 11.7. The first-order valence-electron chi connectivity index (χ1n) is 8.87. The van der Waals surface area contributed by atoms with Crippen LogP contribution in [-0.2, 0) is 11.3 Å². The molecule has 1 saturated heterocycles. The van der Waals surface area contributed by atoms with Crippen molar-refractivity contribution in [2.45, 2.75) is 70.9 Å². The van der Waals surface area contributed by atoms with Crippen LogP contribution >= 0.6 is 0 Å². The minimum absolute atomic E-state index is 0.296. The molecule has 2 heterocycles. The van der Waals surface area contributed by atoms with Crippen LogP contribution in [0.15, 0.2) is 4.42 Å². The van der Waals surface area contributed by atoms with E-state index in [2.05, 4.69) is 28.9 Å². The summed E-state index contributed by atoms with van der Waals surface area (Å²) in [7, 11) is 0. The lowest BCUT2D eigenvalue weighted by Gasteiger charge is -2.34. The molecular formula is C17H29N3O2. The summed E-state index contributed by atoms with van der Waals surface area (Å²) in [5.41, 5.74) is 0. The van der Waals surface area contributed by atoms with Gasteiger partial charge < -0.3 is 9.15 Å². The van der Waals surface area contributed by atoms with E-state index in [0.29, 0.717) is 12.0 Å². The van der Waals surface area contributed by atoms with Gasteiger partial charge in [-0.3, -0.25) is 4.90 Å². The quantitative estimate of drug-likeness (QED) is 0.835. The summed E-state index contributed by atoms with van der Waals surface area (Å²) in [4.78, 5) is 2.40. The van der Waals surface area contributed by atoms with E-state index < -0.39 is 0 Å². The highest BCUT2D eigenvalue weighted by Gasteiger charge is 2.25. The second kappa shape index (κ2) is 7.55. The molecule has 1 aromatic heterocycles. The van der Waals surface area contributed by atoms with Crippen molar-refractivity contribution in [1.82, 2.24) is 15.1 Å². The average molecular weight is 307 g/mol. The topological polar surface area (TPSA) is 51.4 Å². The second-order valence-corrected chi connectivity index (χ2v) is 7.16. The maximum atomic E-state index is 5.98. The summed E-state index contributed by atoms with van der Waals surface area (Å²) in [5.74, 6) is 2.64. The van der Waals surface area contributed by atoms with Crippen molar-refractivity contribution in [3.8, 4) is 0 Å². The third-order valence-electron chi connectivity index (χ3n) is 4.88. The first-order chi connectivity index (χ1) is 10.7. The van der Waals surface area contributed by atoms with Gasteiger partial charge in [-0.05, 0) is 12.3 Å². The van der Waals surface area contributed by atoms with Crippen LogP contribution in [-0.4, -0.2) is 40.9 Å². The molecule has 22 heavy (non-hydrogen) atoms. The standard InChI is InChI=1S/C17H29N3O2/c1-13(2)17-19-18-16(22-17)12-20-8-9-21-15(11-20)10-14-6-4-3-5-7-14/h13-15H,3-12H2,1-2H3. The molecule has 0 radical (unpaired) electrons. The fraction of sp³-hybridized carbons (Fsp3) is 0.882. The first-order valence-corrected chi connectivity index (χ1v) is 8.87. The normalized spacial score (nSPS) is 25.0. The zero-order valence-corrected chi connectivity index (χ0v) is 14.0. The molecule has 2 aliphatic rings. The number of hydrogen-bond acceptors (Lipinski definition) is 5. The Kier molecular flexibility index (Phi) is 5.47. The maximum absolute atomic E-state index is 5.98. The summed E-state index contributed by atoms with van der Waals surface area (Å²) in [5, 5.41) is 8.29. The van der Waals surface area contributed by atoms with Crippen LogP contribution in [0.3, 0.4) is 0 Å². The van der Waals surface area contributed by atoms with Crippen molar-refractivity contribution < 1.29 is 9.15 Å². The Hall–Kier alpha value is -0.940. The van der Waals surface area contributed by atoms with Crippen molar-refractivity contribution in [1.29, 1.82) is 0 Å². The summed E-state index contributed by atoms with van der Waals surface area (Å²) >= 11 is 0. The van der Waals surface area contributed by atoms with Crippen molar-refractivity contribution in [2.75, 3.05) is 19.7 Å². The number of morpholine rings is 1. The molecule has 1 unspecified atom stereocenters. The second-order valence-electron chi connectivity index (χ2n) is 7.16. The van der Waals surface area contributed by atoms with Crippen LogP contribution in [0.2, 0.25) is 0 Å². The Bertz CT molecular complexity index is 455. The maximum Gasteiger partial charge on any atom is 0.230 e. The molecule has 0 N–H and O–H groups in total. The van der Waals surface area contributed by atoms with E-state index in [1.165, 1.54) is 38.5 Å². The molecule has 1 aromatic rings. The van der Waals surface area contributed by atoms with Gasteiger partial charge in [0.2, 0.25) is 11.8 Å². The summed E-state index contributed by atoms with van der Waals surface area (Å²) in [6.07, 6.45) is 8.61. The Balaban J connectivity index is 1.49. The van der Waals surface area contributed by atoms with Gasteiger partial charge in [0.15, 0.2) is 0 Å². The van der Waals surface area contributed by atoms with E-state index in [0.717, 1.165) is 43.9 Å². The number of nitrogens with zero attached hydrogens (tertiary/aromatic N) is 3. The molecule has 1 atom stereocenters. The van der Waals surface area contributed by atoms with Crippen LogP contribution in [0.4, 0.5) is 0 Å². The van der Waals surface area contributed by atoms with Crippen LogP contribution in [0.5, 0.6) is 0 Å². The molecule has 0 spiro atoms. The van der Waals surface area contributed by atoms with E-state index in [9.17, 15) is 0 Å². The molecule has 1 saturated carbocycles. The van der Waals surface area contributed by atoms with E-state index in [1.807, 2.05) is 0 Å². The highest BCUT2D eigenvalue weighted by atomic mass is 16.5. The summed E-state index contributed by atoms with van der Waals surface area (Å²) in [6.45, 7) is 7.68. The molecule has 3 rings (SSSR count). The molecule has 0 amide bonds. The number of rotatable bonds is 5. The molecule has 5 nitrogen and oxygen atoms in total. The Morgan fingerprint density at radius 2 is 2.00 bits per heavy atom. The van der Waals surface area contributed by atoms with Crippen LogP contribution in [0.1, 0.15) is 70.1 Å². The van der Waals surface area contributed by atoms with Crippen LogP contribution < -0.4 is 0 Å². The number of hydrogen-bond donors (Lipinski definition) is 0. The van der Waals surface area contributed by atoms with Gasteiger partial charge in [0.1, 0.15) is 0 Å². The van der Waals surface area contributed by atoms with Gasteiger partial charge in [-0.15, -0.1) is 10.2 Å². The van der Waals surface area contributed by atoms with Crippen molar-refractivity contribution >= 4 is 0 Å². The lowest BCUT2D eigenvalue weighted by atomic mass is 9.85. The predicted octanol–water partition coefficient (Wildman–Crippen LogP) is 3.36. The van der Waals surface area contributed by atoms with E-state index in [-0.39, 0.29) is 0 Å². The average Bonchev–Trinajstić information content (AvgIpc) is 2.97. The Morgan fingerprint density at radius 3 is 2.73 bits per heavy atom. The zero-order chi connectivity index (χ0) is 15.4. The molecule has 5 heteroatoms. The molecule has 1 aliphatic heterocycles. The monoisotopic (exact) mass is 307 g/mol. The van der Waals surface area contributed by atoms with E-state index in [1.54, 1.807) is 0 Å². The van der Waals surface area contributed by atoms with Gasteiger partial charge in [0.05, 0.1) is 19.3 Å². The predicted molar refractivity (Wildman–Crippen MR) is 84.6 cm³/mol. The minimum Gasteiger partial charge on any atom is -0.424 e. The highest BCUT2D eigenvalue weighted by molar-refractivity contribution is 4.88. The molecule has 0 bridgehead atoms. The molecule has 2 fully saturated rings. The highest BCUT2D eigenvalue weighted by Crippen LogP contribution is 2.29. The Morgan fingerprint density at radius 1 is 1.18 bits per heavy atom. The van der Waals surface area contributed by atoms with E-state index in [4.69, 9.17) is 9.15 Å². The molecular weight excluding hydrogens is 278 g/mol. The molecule has 0 aromatic carbocycles.